The fourth-order valence-electron chi connectivity index (χ4n) is 5.65. The van der Waals surface area contributed by atoms with E-state index in [0.29, 0.717) is 18.5 Å². The number of ether oxygens (including phenoxy) is 1. The largest absolute Gasteiger partial charge is 0.472 e. The summed E-state index contributed by atoms with van der Waals surface area (Å²) in [6.07, 6.45) is 2.70. The van der Waals surface area contributed by atoms with Gasteiger partial charge in [0.25, 0.3) is 5.91 Å². The number of likely N-dealkylation sites (tertiary alicyclic amines) is 1. The molecular formula is C27H32N6O7. The molecule has 0 bridgehead atoms. The van der Waals surface area contributed by atoms with Gasteiger partial charge in [0.05, 0.1) is 17.8 Å². The monoisotopic (exact) mass is 552 g/mol. The minimum Gasteiger partial charge on any atom is -0.472 e. The number of nitrogens with zero attached hydrogens (tertiary/aromatic N) is 3. The van der Waals surface area contributed by atoms with E-state index in [1.54, 1.807) is 12.1 Å². The van der Waals surface area contributed by atoms with Crippen molar-refractivity contribution < 1.29 is 33.8 Å². The number of fused-ring (bicyclic) bond motifs is 1. The number of rotatable bonds is 9. The molecule has 3 fully saturated rings. The van der Waals surface area contributed by atoms with Crippen molar-refractivity contribution in [1.29, 1.82) is 5.26 Å². The molecule has 2 aliphatic heterocycles. The lowest BCUT2D eigenvalue weighted by Gasteiger charge is -2.36. The maximum Gasteiger partial charge on any atom is 0.405 e. The van der Waals surface area contributed by atoms with Gasteiger partial charge in [0, 0.05) is 13.5 Å². The van der Waals surface area contributed by atoms with Crippen molar-refractivity contribution in [3.05, 3.63) is 23.8 Å². The summed E-state index contributed by atoms with van der Waals surface area (Å²) in [6, 6.07) is 3.53. The molecular weight excluding hydrogens is 520 g/mol. The van der Waals surface area contributed by atoms with Crippen molar-refractivity contribution in [2.75, 3.05) is 18.9 Å². The molecule has 1 aromatic carbocycles. The molecule has 4 atom stereocenters. The van der Waals surface area contributed by atoms with Crippen LogP contribution in [0.5, 0.6) is 5.75 Å². The van der Waals surface area contributed by atoms with E-state index < -0.39 is 53.4 Å². The van der Waals surface area contributed by atoms with Crippen molar-refractivity contribution in [3.8, 4) is 11.8 Å². The first-order chi connectivity index (χ1) is 19.0. The van der Waals surface area contributed by atoms with Gasteiger partial charge < -0.3 is 36.0 Å². The Morgan fingerprint density at radius 3 is 2.52 bits per heavy atom. The number of para-hydroxylation sites is 1. The number of hydrogen-bond acceptors (Lipinski definition) is 7. The van der Waals surface area contributed by atoms with E-state index in [9.17, 15) is 34.3 Å². The Bertz CT molecular complexity index is 1300. The smallest absolute Gasteiger partial charge is 0.405 e. The summed E-state index contributed by atoms with van der Waals surface area (Å²) in [5, 5.41) is 23.9. The number of carbonyl (C=O) groups is 5. The topological polar surface area (TPSA) is 195 Å². The number of benzene rings is 1. The Balaban J connectivity index is 1.42. The molecule has 0 unspecified atom stereocenters. The molecule has 13 heteroatoms. The molecule has 4 aliphatic rings. The van der Waals surface area contributed by atoms with Crippen LogP contribution in [0.2, 0.25) is 0 Å². The molecule has 1 saturated heterocycles. The van der Waals surface area contributed by atoms with Gasteiger partial charge in [-0.2, -0.15) is 5.26 Å². The second-order valence-corrected chi connectivity index (χ2v) is 11.3. The Labute approximate surface area is 230 Å². The molecule has 5 rings (SSSR count). The molecule has 2 aliphatic carbocycles. The number of nitrogens with one attached hydrogen (secondary N) is 2. The highest BCUT2D eigenvalue weighted by Gasteiger charge is 2.58. The highest BCUT2D eigenvalue weighted by molar-refractivity contribution is 6.04. The van der Waals surface area contributed by atoms with Crippen LogP contribution in [-0.4, -0.2) is 81.9 Å². The van der Waals surface area contributed by atoms with Gasteiger partial charge >= 0.3 is 6.09 Å². The third-order valence-electron chi connectivity index (χ3n) is 8.25. The normalized spacial score (nSPS) is 24.6. The number of hydrogen-bond donors (Lipinski definition) is 4. The molecule has 2 saturated carbocycles. The van der Waals surface area contributed by atoms with Crippen molar-refractivity contribution in [1.82, 2.24) is 15.1 Å². The summed E-state index contributed by atoms with van der Waals surface area (Å²) in [5.74, 6) is -1.92. The maximum absolute atomic E-state index is 14.1. The molecule has 40 heavy (non-hydrogen) atoms. The van der Waals surface area contributed by atoms with Gasteiger partial charge in [0.1, 0.15) is 24.2 Å². The Morgan fingerprint density at radius 1 is 1.25 bits per heavy atom. The third kappa shape index (κ3) is 5.25. The predicted octanol–water partition coefficient (Wildman–Crippen LogP) is 0.778. The molecule has 0 radical (unpaired) electrons. The number of amides is 5. The summed E-state index contributed by atoms with van der Waals surface area (Å²) in [7, 11) is 1.46. The number of nitriles is 1. The van der Waals surface area contributed by atoms with Crippen LogP contribution in [0.3, 0.4) is 0 Å². The standard InChI is InChI=1S/C27H32N6O7/c1-32(23(35)18(31-26(38)39)9-14-5-6-14)19(10-15-7-8-15)24(36)33-13-27(11-20(33)22(29)34)25(37)30-17-4-2-3-16(12-28)21(17)40-27/h2-4,14-15,18-20,31H,5-11,13H2,1H3,(H2,29,34)(H,30,37)(H,38,39)/t18-,19-,20-,27+/m0/s1. The highest BCUT2D eigenvalue weighted by atomic mass is 16.5. The van der Waals surface area contributed by atoms with Crippen molar-refractivity contribution in [3.63, 3.8) is 0 Å². The molecule has 13 nitrogen and oxygen atoms in total. The Morgan fingerprint density at radius 2 is 1.93 bits per heavy atom. The van der Waals surface area contributed by atoms with Crippen LogP contribution < -0.4 is 21.1 Å². The van der Waals surface area contributed by atoms with Gasteiger partial charge in [-0.3, -0.25) is 19.2 Å². The summed E-state index contributed by atoms with van der Waals surface area (Å²) >= 11 is 0. The van der Waals surface area contributed by atoms with E-state index in [1.165, 1.54) is 22.9 Å². The second kappa shape index (κ2) is 10.3. The third-order valence-corrected chi connectivity index (χ3v) is 8.25. The predicted molar refractivity (Wildman–Crippen MR) is 139 cm³/mol. The van der Waals surface area contributed by atoms with Crippen LogP contribution in [0.15, 0.2) is 18.2 Å². The summed E-state index contributed by atoms with van der Waals surface area (Å²) in [6.45, 7) is -0.313. The first kappa shape index (κ1) is 27.2. The SMILES string of the molecule is CN(C(=O)[C@H](CC1CC1)NC(=O)O)[C@@H](CC1CC1)C(=O)N1C[C@@]2(C[C@H]1C(N)=O)Oc1c(C#N)cccc1NC2=O. The number of primary amides is 1. The second-order valence-electron chi connectivity index (χ2n) is 11.3. The average Bonchev–Trinajstić information content (AvgIpc) is 3.85. The summed E-state index contributed by atoms with van der Waals surface area (Å²) < 4.78 is 6.10. The van der Waals surface area contributed by atoms with Gasteiger partial charge in [-0.15, -0.1) is 0 Å². The first-order valence-electron chi connectivity index (χ1n) is 13.4. The van der Waals surface area contributed by atoms with Crippen molar-refractivity contribution in [2.45, 2.75) is 68.7 Å². The van der Waals surface area contributed by atoms with E-state index in [-0.39, 0.29) is 36.1 Å². The Hall–Kier alpha value is -4.34. The minimum absolute atomic E-state index is 0.145. The molecule has 1 spiro atoms. The molecule has 1 aromatic rings. The van der Waals surface area contributed by atoms with Crippen LogP contribution in [0.1, 0.15) is 50.5 Å². The van der Waals surface area contributed by atoms with Gasteiger partial charge in [-0.25, -0.2) is 4.79 Å². The zero-order valence-electron chi connectivity index (χ0n) is 22.1. The molecule has 2 heterocycles. The number of nitrogens with two attached hydrogens (primary N) is 1. The van der Waals surface area contributed by atoms with Gasteiger partial charge in [-0.05, 0) is 36.8 Å². The maximum atomic E-state index is 14.1. The lowest BCUT2D eigenvalue weighted by atomic mass is 9.96. The number of carbonyl (C=O) groups excluding carboxylic acids is 4. The average molecular weight is 553 g/mol. The first-order valence-corrected chi connectivity index (χ1v) is 13.4. The van der Waals surface area contributed by atoms with Gasteiger partial charge in [0.15, 0.2) is 5.75 Å². The molecule has 5 amide bonds. The van der Waals surface area contributed by atoms with Crippen LogP contribution >= 0.6 is 0 Å². The van der Waals surface area contributed by atoms with Crippen molar-refractivity contribution in [2.24, 2.45) is 17.6 Å². The fraction of sp³-hybridized carbons (Fsp3) is 0.556. The van der Waals surface area contributed by atoms with E-state index in [1.807, 2.05) is 6.07 Å². The van der Waals surface area contributed by atoms with Crippen LogP contribution in [0, 0.1) is 23.2 Å². The molecule has 5 N–H and O–H groups in total. The van der Waals surface area contributed by atoms with E-state index in [2.05, 4.69) is 10.6 Å². The zero-order chi connectivity index (χ0) is 28.8. The summed E-state index contributed by atoms with van der Waals surface area (Å²) in [5.41, 5.74) is 4.52. The van der Waals surface area contributed by atoms with Gasteiger partial charge in [-0.1, -0.05) is 31.7 Å². The van der Waals surface area contributed by atoms with Gasteiger partial charge in [0.2, 0.25) is 23.3 Å². The lowest BCUT2D eigenvalue weighted by molar-refractivity contribution is -0.148. The minimum atomic E-state index is -1.67. The number of anilines is 1. The zero-order valence-corrected chi connectivity index (χ0v) is 22.1. The fourth-order valence-corrected chi connectivity index (χ4v) is 5.65. The Kier molecular flexibility index (Phi) is 7.03. The van der Waals surface area contributed by atoms with Crippen LogP contribution in [0.25, 0.3) is 0 Å². The van der Waals surface area contributed by atoms with E-state index in [4.69, 9.17) is 10.5 Å². The number of likely N-dealkylation sites (N-methyl/N-ethyl adjacent to an activating group) is 1. The molecule has 0 aromatic heterocycles. The lowest BCUT2D eigenvalue weighted by Crippen LogP contribution is -2.58. The van der Waals surface area contributed by atoms with Crippen LogP contribution in [-0.2, 0) is 19.2 Å². The van der Waals surface area contributed by atoms with E-state index in [0.717, 1.165) is 25.7 Å². The quantitative estimate of drug-likeness (QED) is 0.345. The number of carboxylic acid groups (broad SMARTS) is 1. The highest BCUT2D eigenvalue weighted by Crippen LogP contribution is 2.43. The van der Waals surface area contributed by atoms with E-state index >= 15 is 0 Å². The molecule has 212 valence electrons. The summed E-state index contributed by atoms with van der Waals surface area (Å²) in [4.78, 5) is 67.3. The van der Waals surface area contributed by atoms with Crippen molar-refractivity contribution >= 4 is 35.4 Å². The van der Waals surface area contributed by atoms with Crippen LogP contribution in [0.4, 0.5) is 10.5 Å².